The van der Waals surface area contributed by atoms with Gasteiger partial charge < -0.3 is 9.84 Å². The highest BCUT2D eigenvalue weighted by atomic mass is 16.5. The summed E-state index contributed by atoms with van der Waals surface area (Å²) in [6.45, 7) is 1.67. The van der Waals surface area contributed by atoms with E-state index in [0.29, 0.717) is 12.0 Å². The number of aliphatic hydroxyl groups is 1. The maximum atomic E-state index is 12.2. The van der Waals surface area contributed by atoms with E-state index >= 15 is 0 Å². The summed E-state index contributed by atoms with van der Waals surface area (Å²) in [7, 11) is 1.36. The van der Waals surface area contributed by atoms with Crippen molar-refractivity contribution >= 4 is 11.8 Å². The Morgan fingerprint density at radius 2 is 2.18 bits per heavy atom. The van der Waals surface area contributed by atoms with E-state index in [2.05, 4.69) is 0 Å². The van der Waals surface area contributed by atoms with Gasteiger partial charge in [-0.2, -0.15) is 0 Å². The first-order valence-corrected chi connectivity index (χ1v) is 6.04. The summed E-state index contributed by atoms with van der Waals surface area (Å²) >= 11 is 0. The van der Waals surface area contributed by atoms with Crippen molar-refractivity contribution in [3.05, 3.63) is 11.1 Å². The number of allylic oxidation sites excluding steroid dienone is 1. The number of Topliss-reactive ketones (excluding diaryl/α,β-unsaturated/α-hetero) is 1. The minimum atomic E-state index is -0.328. The molecule has 3 atom stereocenters. The van der Waals surface area contributed by atoms with E-state index in [-0.39, 0.29) is 36.1 Å². The molecule has 94 valence electrons. The third-order valence-corrected chi connectivity index (χ3v) is 4.17. The molecule has 0 bridgehead atoms. The van der Waals surface area contributed by atoms with E-state index in [1.807, 2.05) is 0 Å². The lowest BCUT2D eigenvalue weighted by molar-refractivity contribution is -0.151. The lowest BCUT2D eigenvalue weighted by atomic mass is 9.71. The van der Waals surface area contributed by atoms with Gasteiger partial charge in [0.2, 0.25) is 0 Å². The van der Waals surface area contributed by atoms with Crippen LogP contribution in [0.3, 0.4) is 0 Å². The summed E-state index contributed by atoms with van der Waals surface area (Å²) in [5, 5.41) is 9.35. The fraction of sp³-hybridized carbons (Fsp3) is 0.692. The number of esters is 1. The van der Waals surface area contributed by atoms with E-state index < -0.39 is 0 Å². The summed E-state index contributed by atoms with van der Waals surface area (Å²) in [5.74, 6) is -0.844. The van der Waals surface area contributed by atoms with Crippen molar-refractivity contribution in [3.8, 4) is 0 Å². The Morgan fingerprint density at radius 3 is 2.76 bits per heavy atom. The first kappa shape index (κ1) is 12.3. The highest BCUT2D eigenvalue weighted by molar-refractivity contribution is 6.02. The molecule has 0 aromatic heterocycles. The van der Waals surface area contributed by atoms with Crippen LogP contribution in [0.5, 0.6) is 0 Å². The molecular weight excluding hydrogens is 220 g/mol. The summed E-state index contributed by atoms with van der Waals surface area (Å²) < 4.78 is 4.78. The number of ether oxygens (including phenoxy) is 1. The van der Waals surface area contributed by atoms with Crippen molar-refractivity contribution in [2.75, 3.05) is 13.7 Å². The fourth-order valence-corrected chi connectivity index (χ4v) is 3.29. The molecule has 4 nitrogen and oxygen atoms in total. The van der Waals surface area contributed by atoms with Crippen LogP contribution in [0.15, 0.2) is 11.1 Å². The number of carbonyl (C=O) groups excluding carboxylic acids is 2. The molecule has 1 N–H and O–H groups in total. The molecule has 0 amide bonds. The van der Waals surface area contributed by atoms with Gasteiger partial charge in [0.05, 0.1) is 19.6 Å². The van der Waals surface area contributed by atoms with Gasteiger partial charge in [-0.05, 0) is 36.8 Å². The number of ketones is 1. The van der Waals surface area contributed by atoms with Gasteiger partial charge in [0, 0.05) is 5.92 Å². The lowest BCUT2D eigenvalue weighted by Crippen LogP contribution is -2.36. The van der Waals surface area contributed by atoms with Crippen LogP contribution >= 0.6 is 0 Å². The summed E-state index contributed by atoms with van der Waals surface area (Å²) in [6, 6.07) is 0. The Hall–Kier alpha value is -1.16. The molecule has 0 radical (unpaired) electrons. The highest BCUT2D eigenvalue weighted by Crippen LogP contribution is 2.46. The largest absolute Gasteiger partial charge is 0.469 e. The van der Waals surface area contributed by atoms with Gasteiger partial charge >= 0.3 is 5.97 Å². The molecule has 2 rings (SSSR count). The van der Waals surface area contributed by atoms with E-state index in [1.54, 1.807) is 6.92 Å². The standard InChI is InChI=1S/C13H18O4/c1-7-10(6-14)8-4-3-5-9(13(16)17-2)11(8)12(7)15/h8-9,11,14H,3-6H2,1-2H3/t8-,9?,11+/m0/s1. The highest BCUT2D eigenvalue weighted by Gasteiger charge is 2.48. The third-order valence-electron chi connectivity index (χ3n) is 4.17. The predicted molar refractivity (Wildman–Crippen MR) is 61.1 cm³/mol. The topological polar surface area (TPSA) is 63.6 Å². The minimum Gasteiger partial charge on any atom is -0.469 e. The van der Waals surface area contributed by atoms with Crippen LogP contribution in [-0.2, 0) is 14.3 Å². The molecule has 0 aliphatic heterocycles. The second kappa shape index (κ2) is 4.61. The smallest absolute Gasteiger partial charge is 0.309 e. The predicted octanol–water partition coefficient (Wildman–Crippen LogP) is 1.08. The van der Waals surface area contributed by atoms with E-state index in [1.165, 1.54) is 7.11 Å². The molecule has 0 aromatic rings. The van der Waals surface area contributed by atoms with E-state index in [4.69, 9.17) is 4.74 Å². The molecule has 1 unspecified atom stereocenters. The molecule has 0 saturated heterocycles. The minimum absolute atomic E-state index is 0.0224. The Bertz CT molecular complexity index is 383. The van der Waals surface area contributed by atoms with E-state index in [9.17, 15) is 14.7 Å². The quantitative estimate of drug-likeness (QED) is 0.731. The van der Waals surface area contributed by atoms with Gasteiger partial charge in [-0.3, -0.25) is 9.59 Å². The second-order valence-electron chi connectivity index (χ2n) is 4.87. The fourth-order valence-electron chi connectivity index (χ4n) is 3.29. The zero-order chi connectivity index (χ0) is 12.6. The number of hydrogen-bond donors (Lipinski definition) is 1. The summed E-state index contributed by atoms with van der Waals surface area (Å²) in [4.78, 5) is 23.9. The molecular formula is C13H18O4. The molecule has 2 aliphatic rings. The molecule has 0 spiro atoms. The van der Waals surface area contributed by atoms with Crippen molar-refractivity contribution in [3.63, 3.8) is 0 Å². The molecule has 0 heterocycles. The number of methoxy groups -OCH3 is 1. The van der Waals surface area contributed by atoms with Crippen LogP contribution in [0.2, 0.25) is 0 Å². The van der Waals surface area contributed by atoms with Gasteiger partial charge in [0.25, 0.3) is 0 Å². The number of hydrogen-bond acceptors (Lipinski definition) is 4. The zero-order valence-corrected chi connectivity index (χ0v) is 10.2. The molecule has 1 saturated carbocycles. The van der Waals surface area contributed by atoms with Crippen molar-refractivity contribution in [1.29, 1.82) is 0 Å². The Labute approximate surface area is 101 Å². The average molecular weight is 238 g/mol. The number of rotatable bonds is 2. The first-order valence-electron chi connectivity index (χ1n) is 6.04. The van der Waals surface area contributed by atoms with Crippen LogP contribution in [0.1, 0.15) is 26.2 Å². The van der Waals surface area contributed by atoms with Crippen molar-refractivity contribution in [2.24, 2.45) is 17.8 Å². The lowest BCUT2D eigenvalue weighted by Gasteiger charge is -2.32. The van der Waals surface area contributed by atoms with Crippen LogP contribution in [0.4, 0.5) is 0 Å². The Morgan fingerprint density at radius 1 is 1.47 bits per heavy atom. The van der Waals surface area contributed by atoms with Crippen molar-refractivity contribution < 1.29 is 19.4 Å². The number of aliphatic hydroxyl groups excluding tert-OH is 1. The van der Waals surface area contributed by atoms with Crippen LogP contribution < -0.4 is 0 Å². The summed E-state index contributed by atoms with van der Waals surface area (Å²) in [6.07, 6.45) is 2.51. The normalized spacial score (nSPS) is 32.6. The zero-order valence-electron chi connectivity index (χ0n) is 10.2. The maximum Gasteiger partial charge on any atom is 0.309 e. The molecule has 0 aromatic carbocycles. The Balaban J connectivity index is 2.31. The van der Waals surface area contributed by atoms with Crippen LogP contribution in [-0.4, -0.2) is 30.6 Å². The van der Waals surface area contributed by atoms with Crippen LogP contribution in [0.25, 0.3) is 0 Å². The molecule has 4 heteroatoms. The monoisotopic (exact) mass is 238 g/mol. The molecule has 1 fully saturated rings. The average Bonchev–Trinajstić information content (AvgIpc) is 2.61. The molecule has 2 aliphatic carbocycles. The van der Waals surface area contributed by atoms with Gasteiger partial charge in [-0.1, -0.05) is 6.42 Å². The van der Waals surface area contributed by atoms with Crippen LogP contribution in [0, 0.1) is 17.8 Å². The summed E-state index contributed by atoms with van der Waals surface area (Å²) in [5.41, 5.74) is 1.48. The van der Waals surface area contributed by atoms with Gasteiger partial charge in [0.15, 0.2) is 5.78 Å². The second-order valence-corrected chi connectivity index (χ2v) is 4.87. The van der Waals surface area contributed by atoms with E-state index in [0.717, 1.165) is 18.4 Å². The first-order chi connectivity index (χ1) is 8.11. The van der Waals surface area contributed by atoms with Gasteiger partial charge in [-0.25, -0.2) is 0 Å². The molecule has 17 heavy (non-hydrogen) atoms. The Kier molecular flexibility index (Phi) is 3.33. The number of carbonyl (C=O) groups is 2. The van der Waals surface area contributed by atoms with Crippen molar-refractivity contribution in [2.45, 2.75) is 26.2 Å². The maximum absolute atomic E-state index is 12.2. The SMILES string of the molecule is COC(=O)C1CCC[C@H]2C(CO)=C(C)C(=O)[C@@H]12. The van der Waals surface area contributed by atoms with Gasteiger partial charge in [0.1, 0.15) is 0 Å². The number of fused-ring (bicyclic) bond motifs is 1. The third kappa shape index (κ3) is 1.80. The van der Waals surface area contributed by atoms with Crippen molar-refractivity contribution in [1.82, 2.24) is 0 Å². The van der Waals surface area contributed by atoms with Gasteiger partial charge in [-0.15, -0.1) is 0 Å².